The van der Waals surface area contributed by atoms with Gasteiger partial charge in [-0.05, 0) is 105 Å². The minimum atomic E-state index is -1.16. The van der Waals surface area contributed by atoms with E-state index in [2.05, 4.69) is 46.5 Å². The number of aliphatic imine (C=N–C) groups is 3. The van der Waals surface area contributed by atoms with Crippen molar-refractivity contribution in [3.63, 3.8) is 0 Å². The number of aliphatic hydroxyl groups excluding tert-OH is 1. The normalized spacial score (nSPS) is 20.8. The van der Waals surface area contributed by atoms with Gasteiger partial charge in [-0.3, -0.25) is 9.59 Å². The molecule has 1 saturated heterocycles. The standard InChI is InChI=1S/C56H74N4O8/c1-13-39-36(8)43-28-44-37(9)41(24-25-49(62)68-27-26-35(7)23-17-22-34(6)21-16-20-33(5)19-15-18-32(3)4)52(59-44)51(54(63)56(65)67-12)53-50(55(64)66-11)38(10)45(60-53)29-47-40(14-2)42(31-61)48(58-47)30-46(39)57-43/h13,26,28-34,37,41,59,61H,1,14-25,27H2,2-12H3/b35-26+,42-31+,44-28?,45-29?,46-30?,52-51?/t33-,34-,37+,41+/m1/s1. The molecule has 5 aliphatic heterocycles. The van der Waals surface area contributed by atoms with Crippen LogP contribution in [0, 0.1) is 29.6 Å². The van der Waals surface area contributed by atoms with Crippen molar-refractivity contribution in [1.82, 2.24) is 5.32 Å². The number of nitrogens with one attached hydrogen (secondary N) is 1. The molecule has 0 saturated carbocycles. The number of fused-ring (bicyclic) bond motifs is 5. The lowest BCUT2D eigenvalue weighted by atomic mass is 9.84. The third-order valence-corrected chi connectivity index (χ3v) is 13.9. The van der Waals surface area contributed by atoms with E-state index in [9.17, 15) is 24.3 Å². The quantitative estimate of drug-likeness (QED) is 0.0353. The Bertz CT molecular complexity index is 2420. The van der Waals surface area contributed by atoms with E-state index >= 15 is 0 Å². The zero-order valence-electron chi connectivity index (χ0n) is 42.4. The molecule has 0 spiro atoms. The summed E-state index contributed by atoms with van der Waals surface area (Å²) in [6.07, 6.45) is 21.8. The fourth-order valence-corrected chi connectivity index (χ4v) is 9.68. The number of nitrogens with zero attached hydrogens (tertiary/aromatic N) is 3. The van der Waals surface area contributed by atoms with Gasteiger partial charge in [-0.2, -0.15) is 0 Å². The number of carbonyl (C=O) groups excluding carboxylic acids is 4. The number of ether oxygens (including phenoxy) is 3. The van der Waals surface area contributed by atoms with Crippen molar-refractivity contribution >= 4 is 40.8 Å². The van der Waals surface area contributed by atoms with Crippen LogP contribution in [0.2, 0.25) is 0 Å². The number of rotatable bonds is 22. The predicted octanol–water partition coefficient (Wildman–Crippen LogP) is 11.7. The van der Waals surface area contributed by atoms with E-state index in [1.807, 2.05) is 39.0 Å². The van der Waals surface area contributed by atoms with Crippen LogP contribution < -0.4 is 5.32 Å². The van der Waals surface area contributed by atoms with E-state index < -0.39 is 29.6 Å². The number of ketones is 1. The van der Waals surface area contributed by atoms with Crippen LogP contribution in [0.15, 0.2) is 131 Å². The highest BCUT2D eigenvalue weighted by Gasteiger charge is 2.43. The van der Waals surface area contributed by atoms with Crippen LogP contribution in [0.5, 0.6) is 0 Å². The molecule has 68 heavy (non-hydrogen) atoms. The maximum absolute atomic E-state index is 14.4. The van der Waals surface area contributed by atoms with E-state index in [1.165, 1.54) is 57.6 Å². The summed E-state index contributed by atoms with van der Waals surface area (Å²) in [5, 5.41) is 13.9. The molecule has 5 heterocycles. The van der Waals surface area contributed by atoms with E-state index in [4.69, 9.17) is 29.2 Å². The highest BCUT2D eigenvalue weighted by atomic mass is 16.5. The lowest BCUT2D eigenvalue weighted by molar-refractivity contribution is -0.149. The van der Waals surface area contributed by atoms with Crippen molar-refractivity contribution in [2.75, 3.05) is 20.8 Å². The second-order valence-corrected chi connectivity index (χ2v) is 19.4. The molecule has 0 aromatic heterocycles. The summed E-state index contributed by atoms with van der Waals surface area (Å²) in [6.45, 7) is 23.1. The van der Waals surface area contributed by atoms with Gasteiger partial charge in [-0.25, -0.2) is 24.6 Å². The summed E-state index contributed by atoms with van der Waals surface area (Å²) in [5.41, 5.74) is 7.55. The zero-order valence-corrected chi connectivity index (χ0v) is 42.4. The second kappa shape index (κ2) is 24.4. The Hall–Kier alpha value is -5.91. The molecule has 0 aliphatic carbocycles. The molecule has 366 valence electrons. The second-order valence-electron chi connectivity index (χ2n) is 19.4. The molecular formula is C56H74N4O8. The summed E-state index contributed by atoms with van der Waals surface area (Å²) < 4.78 is 16.0. The van der Waals surface area contributed by atoms with Gasteiger partial charge in [0.1, 0.15) is 6.61 Å². The first-order valence-corrected chi connectivity index (χ1v) is 24.6. The van der Waals surface area contributed by atoms with Crippen LogP contribution in [0.25, 0.3) is 0 Å². The molecule has 12 heteroatoms. The van der Waals surface area contributed by atoms with Crippen LogP contribution in [0.4, 0.5) is 0 Å². The highest BCUT2D eigenvalue weighted by Crippen LogP contribution is 2.43. The lowest BCUT2D eigenvalue weighted by Crippen LogP contribution is -2.30. The smallest absolute Gasteiger partial charge is 0.379 e. The minimum absolute atomic E-state index is 0.00636. The molecule has 4 atom stereocenters. The molecule has 5 rings (SSSR count). The first-order valence-electron chi connectivity index (χ1n) is 24.6. The fraction of sp³-hybridized carbons (Fsp3) is 0.518. The average molecular weight is 931 g/mol. The van der Waals surface area contributed by atoms with Crippen molar-refractivity contribution < 1.29 is 38.5 Å². The van der Waals surface area contributed by atoms with Crippen LogP contribution in [0.3, 0.4) is 0 Å². The molecule has 2 N–H and O–H groups in total. The number of esters is 3. The van der Waals surface area contributed by atoms with Crippen LogP contribution >= 0.6 is 0 Å². The molecule has 12 nitrogen and oxygen atoms in total. The first-order chi connectivity index (χ1) is 32.5. The van der Waals surface area contributed by atoms with Gasteiger partial charge in [0.25, 0.3) is 5.78 Å². The first kappa shape index (κ1) is 53.1. The van der Waals surface area contributed by atoms with Crippen LogP contribution in [0.1, 0.15) is 139 Å². The molecule has 0 unspecified atom stereocenters. The van der Waals surface area contributed by atoms with Gasteiger partial charge in [0, 0.05) is 40.8 Å². The van der Waals surface area contributed by atoms with Crippen molar-refractivity contribution in [3.8, 4) is 0 Å². The van der Waals surface area contributed by atoms with Gasteiger partial charge in [-0.15, -0.1) is 0 Å². The summed E-state index contributed by atoms with van der Waals surface area (Å²) in [5.74, 6) is -2.02. The van der Waals surface area contributed by atoms with E-state index in [-0.39, 0.29) is 42.2 Å². The van der Waals surface area contributed by atoms with Crippen molar-refractivity contribution in [2.45, 2.75) is 139 Å². The Balaban J connectivity index is 1.43. The number of hydrogen-bond donors (Lipinski definition) is 2. The number of carbonyl (C=O) groups is 4. The number of Topliss-reactive ketones (excluding diaryl/α,β-unsaturated/α-hetero) is 1. The topological polar surface area (TPSA) is 165 Å². The fourth-order valence-electron chi connectivity index (χ4n) is 9.68. The van der Waals surface area contributed by atoms with E-state index in [0.29, 0.717) is 63.4 Å². The summed E-state index contributed by atoms with van der Waals surface area (Å²) >= 11 is 0. The Labute approximate surface area is 404 Å². The molecule has 0 aromatic rings. The van der Waals surface area contributed by atoms with Crippen LogP contribution in [-0.2, 0) is 33.4 Å². The minimum Gasteiger partial charge on any atom is -0.515 e. The number of hydrogen-bond acceptors (Lipinski definition) is 12. The number of aliphatic hydroxyl groups is 1. The van der Waals surface area contributed by atoms with E-state index in [0.717, 1.165) is 54.8 Å². The Morgan fingerprint density at radius 1 is 0.838 bits per heavy atom. The lowest BCUT2D eigenvalue weighted by Gasteiger charge is -2.19. The van der Waals surface area contributed by atoms with Crippen molar-refractivity contribution in [1.29, 1.82) is 0 Å². The Morgan fingerprint density at radius 2 is 1.51 bits per heavy atom. The molecule has 0 aromatic carbocycles. The average Bonchev–Trinajstić information content (AvgIpc) is 4.00. The third-order valence-electron chi connectivity index (χ3n) is 13.9. The number of methoxy groups -OCH3 is 2. The maximum Gasteiger partial charge on any atom is 0.379 e. The van der Waals surface area contributed by atoms with Gasteiger partial charge >= 0.3 is 17.9 Å². The van der Waals surface area contributed by atoms with Gasteiger partial charge in [0.2, 0.25) is 0 Å². The zero-order chi connectivity index (χ0) is 49.8. The summed E-state index contributed by atoms with van der Waals surface area (Å²) in [6, 6.07) is 0. The van der Waals surface area contributed by atoms with Crippen molar-refractivity contribution in [3.05, 3.63) is 116 Å². The largest absolute Gasteiger partial charge is 0.515 e. The Morgan fingerprint density at radius 3 is 2.13 bits per heavy atom. The number of allylic oxidation sites excluding steroid dienone is 11. The maximum atomic E-state index is 14.4. The van der Waals surface area contributed by atoms with E-state index in [1.54, 1.807) is 19.1 Å². The Kier molecular flexibility index (Phi) is 19.0. The highest BCUT2D eigenvalue weighted by molar-refractivity contribution is 6.52. The summed E-state index contributed by atoms with van der Waals surface area (Å²) in [7, 11) is 2.34. The SMILES string of the molecule is C=CC1=C(C)C2=NC1=CC1=NC(=C(CC)/C1=C\O)C=C1N=C(C(C(=O)OC)=C1C)C(C(=O)C(=O)OC)=C1NC(=C2)[C@@H](C)[C@@H]1CCC(=O)OC/C=C(\C)CCC[C@H](C)CCC[C@H](C)CCCC(C)C. The third kappa shape index (κ3) is 12.6. The molecule has 5 aliphatic rings. The summed E-state index contributed by atoms with van der Waals surface area (Å²) in [4.78, 5) is 69.7. The van der Waals surface area contributed by atoms with Gasteiger partial charge in [-0.1, -0.05) is 105 Å². The van der Waals surface area contributed by atoms with Crippen LogP contribution in [-0.4, -0.2) is 66.8 Å². The molecule has 8 bridgehead atoms. The molecular weight excluding hydrogens is 857 g/mol. The predicted molar refractivity (Wildman–Crippen MR) is 271 cm³/mol. The molecule has 0 amide bonds. The molecule has 0 radical (unpaired) electrons. The molecule has 1 fully saturated rings. The van der Waals surface area contributed by atoms with Crippen molar-refractivity contribution in [2.24, 2.45) is 44.6 Å². The van der Waals surface area contributed by atoms with Gasteiger partial charge < -0.3 is 24.6 Å². The van der Waals surface area contributed by atoms with Gasteiger partial charge in [0.05, 0.1) is 65.9 Å². The van der Waals surface area contributed by atoms with Gasteiger partial charge in [0.15, 0.2) is 0 Å². The monoisotopic (exact) mass is 931 g/mol.